The molecule has 1 N–H and O–H groups in total. The molecule has 9 heteroatoms. The number of nitro groups is 1. The molecule has 0 spiro atoms. The van der Waals surface area contributed by atoms with Gasteiger partial charge >= 0.3 is 11.7 Å². The molecule has 0 aliphatic heterocycles. The highest BCUT2D eigenvalue weighted by atomic mass is 32.2. The van der Waals surface area contributed by atoms with Gasteiger partial charge in [0, 0.05) is 6.54 Å². The normalized spacial score (nSPS) is 11.0. The van der Waals surface area contributed by atoms with E-state index >= 15 is 0 Å². The van der Waals surface area contributed by atoms with Crippen molar-refractivity contribution in [3.63, 3.8) is 0 Å². The van der Waals surface area contributed by atoms with E-state index in [2.05, 4.69) is 15.3 Å². The minimum Gasteiger partial charge on any atom is -0.459 e. The zero-order chi connectivity index (χ0) is 16.0. The van der Waals surface area contributed by atoms with Gasteiger partial charge in [0.05, 0.1) is 10.7 Å². The smallest absolute Gasteiger partial charge is 0.319 e. The van der Waals surface area contributed by atoms with Crippen LogP contribution in [-0.4, -0.2) is 38.8 Å². The summed E-state index contributed by atoms with van der Waals surface area (Å²) in [6.45, 7) is 7.72. The van der Waals surface area contributed by atoms with Crippen molar-refractivity contribution in [2.45, 2.75) is 38.3 Å². The van der Waals surface area contributed by atoms with E-state index in [1.54, 1.807) is 20.8 Å². The minimum absolute atomic E-state index is 0.0549. The van der Waals surface area contributed by atoms with Crippen molar-refractivity contribution in [2.75, 3.05) is 17.6 Å². The molecule has 0 unspecified atom stereocenters. The summed E-state index contributed by atoms with van der Waals surface area (Å²) in [6.07, 6.45) is 1.13. The number of ether oxygens (including phenoxy) is 1. The van der Waals surface area contributed by atoms with Gasteiger partial charge in [-0.05, 0) is 27.7 Å². The number of carbonyl (C=O) groups excluding carboxylic acids is 1. The molecule has 0 radical (unpaired) electrons. The van der Waals surface area contributed by atoms with E-state index in [1.165, 1.54) is 0 Å². The first-order chi connectivity index (χ1) is 9.73. The number of hydrogen-bond acceptors (Lipinski definition) is 8. The third-order valence-corrected chi connectivity index (χ3v) is 2.97. The van der Waals surface area contributed by atoms with Crippen LogP contribution in [0.3, 0.4) is 0 Å². The lowest BCUT2D eigenvalue weighted by Gasteiger charge is -2.19. The Hall–Kier alpha value is -1.90. The Morgan fingerprint density at radius 2 is 2.19 bits per heavy atom. The molecule has 1 aromatic heterocycles. The maximum atomic E-state index is 11.7. The van der Waals surface area contributed by atoms with Crippen LogP contribution < -0.4 is 5.32 Å². The largest absolute Gasteiger partial charge is 0.459 e. The third kappa shape index (κ3) is 5.94. The van der Waals surface area contributed by atoms with Crippen LogP contribution in [0.25, 0.3) is 0 Å². The summed E-state index contributed by atoms with van der Waals surface area (Å²) in [7, 11) is 0. The first kappa shape index (κ1) is 17.2. The predicted octanol–water partition coefficient (Wildman–Crippen LogP) is 2.25. The summed E-state index contributed by atoms with van der Waals surface area (Å²) in [5.74, 6) is -0.221. The van der Waals surface area contributed by atoms with Crippen molar-refractivity contribution in [2.24, 2.45) is 0 Å². The third-order valence-electron chi connectivity index (χ3n) is 2.01. The summed E-state index contributed by atoms with van der Waals surface area (Å²) < 4.78 is 5.15. The SMILES string of the molecule is CCNc1ncc([N+](=O)[O-])c(SCC(=O)OC(C)(C)C)n1. The highest BCUT2D eigenvalue weighted by Gasteiger charge is 2.21. The number of nitrogens with zero attached hydrogens (tertiary/aromatic N) is 3. The quantitative estimate of drug-likeness (QED) is 0.280. The number of hydrogen-bond donors (Lipinski definition) is 1. The molecular formula is C12H18N4O4S. The number of nitrogens with one attached hydrogen (secondary N) is 1. The molecule has 0 amide bonds. The summed E-state index contributed by atoms with van der Waals surface area (Å²) in [5.41, 5.74) is -0.824. The zero-order valence-corrected chi connectivity index (χ0v) is 13.2. The van der Waals surface area contributed by atoms with Gasteiger partial charge in [0.1, 0.15) is 11.8 Å². The Kier molecular flexibility index (Phi) is 5.89. The molecule has 0 bridgehead atoms. The Labute approximate surface area is 126 Å². The molecule has 116 valence electrons. The van der Waals surface area contributed by atoms with Crippen LogP contribution in [0, 0.1) is 10.1 Å². The molecule has 1 rings (SSSR count). The van der Waals surface area contributed by atoms with E-state index in [-0.39, 0.29) is 22.4 Å². The fraction of sp³-hybridized carbons (Fsp3) is 0.583. The van der Waals surface area contributed by atoms with Crippen molar-refractivity contribution in [3.8, 4) is 0 Å². The van der Waals surface area contributed by atoms with Gasteiger partial charge in [-0.1, -0.05) is 11.8 Å². The summed E-state index contributed by atoms with van der Waals surface area (Å²) >= 11 is 0.957. The Morgan fingerprint density at radius 3 is 2.71 bits per heavy atom. The van der Waals surface area contributed by atoms with E-state index in [9.17, 15) is 14.9 Å². The molecule has 21 heavy (non-hydrogen) atoms. The molecule has 0 saturated carbocycles. The van der Waals surface area contributed by atoms with Crippen molar-refractivity contribution in [1.82, 2.24) is 9.97 Å². The molecular weight excluding hydrogens is 296 g/mol. The monoisotopic (exact) mass is 314 g/mol. The first-order valence-corrected chi connectivity index (χ1v) is 7.31. The highest BCUT2D eigenvalue weighted by Crippen LogP contribution is 2.27. The van der Waals surface area contributed by atoms with Crippen LogP contribution in [0.5, 0.6) is 0 Å². The molecule has 0 atom stereocenters. The Morgan fingerprint density at radius 1 is 1.52 bits per heavy atom. The molecule has 1 aromatic rings. The summed E-state index contributed by atoms with van der Waals surface area (Å²) in [5, 5.41) is 13.9. The average Bonchev–Trinajstić information content (AvgIpc) is 2.34. The molecule has 0 aliphatic carbocycles. The highest BCUT2D eigenvalue weighted by molar-refractivity contribution is 8.00. The van der Waals surface area contributed by atoms with E-state index in [0.29, 0.717) is 6.54 Å². The minimum atomic E-state index is -0.593. The van der Waals surface area contributed by atoms with Crippen LogP contribution in [-0.2, 0) is 9.53 Å². The second-order valence-corrected chi connectivity index (χ2v) is 6.01. The van der Waals surface area contributed by atoms with Crippen molar-refractivity contribution in [1.29, 1.82) is 0 Å². The van der Waals surface area contributed by atoms with E-state index in [4.69, 9.17) is 4.74 Å². The number of rotatable bonds is 6. The number of carbonyl (C=O) groups is 1. The number of thioether (sulfide) groups is 1. The standard InChI is InChI=1S/C12H18N4O4S/c1-5-13-11-14-6-8(16(18)19)10(15-11)21-7-9(17)20-12(2,3)4/h6H,5,7H2,1-4H3,(H,13,14,15). The number of anilines is 1. The van der Waals surface area contributed by atoms with Gasteiger partial charge in [-0.2, -0.15) is 4.98 Å². The second-order valence-electron chi connectivity index (χ2n) is 5.05. The van der Waals surface area contributed by atoms with E-state index in [0.717, 1.165) is 18.0 Å². The van der Waals surface area contributed by atoms with Gasteiger partial charge in [0.2, 0.25) is 5.95 Å². The second kappa shape index (κ2) is 7.21. The maximum Gasteiger partial charge on any atom is 0.319 e. The molecule has 0 fully saturated rings. The first-order valence-electron chi connectivity index (χ1n) is 6.33. The van der Waals surface area contributed by atoms with Crippen LogP contribution in [0.1, 0.15) is 27.7 Å². The average molecular weight is 314 g/mol. The Bertz CT molecular complexity index is 530. The van der Waals surface area contributed by atoms with Gasteiger partial charge in [-0.15, -0.1) is 0 Å². The molecule has 8 nitrogen and oxygen atoms in total. The van der Waals surface area contributed by atoms with Crippen LogP contribution in [0.15, 0.2) is 11.2 Å². The number of aromatic nitrogens is 2. The van der Waals surface area contributed by atoms with Crippen LogP contribution in [0.4, 0.5) is 11.6 Å². The van der Waals surface area contributed by atoms with E-state index < -0.39 is 16.5 Å². The van der Waals surface area contributed by atoms with Gasteiger partial charge in [0.25, 0.3) is 0 Å². The maximum absolute atomic E-state index is 11.7. The summed E-state index contributed by atoms with van der Waals surface area (Å²) in [6, 6.07) is 0. The lowest BCUT2D eigenvalue weighted by molar-refractivity contribution is -0.388. The molecule has 0 aliphatic rings. The van der Waals surface area contributed by atoms with Crippen molar-refractivity contribution in [3.05, 3.63) is 16.3 Å². The molecule has 0 saturated heterocycles. The van der Waals surface area contributed by atoms with Gasteiger partial charge in [-0.25, -0.2) is 4.98 Å². The zero-order valence-electron chi connectivity index (χ0n) is 12.4. The number of esters is 1. The lowest BCUT2D eigenvalue weighted by atomic mass is 10.2. The van der Waals surface area contributed by atoms with E-state index in [1.807, 2.05) is 6.92 Å². The van der Waals surface area contributed by atoms with Crippen molar-refractivity contribution < 1.29 is 14.5 Å². The van der Waals surface area contributed by atoms with Gasteiger partial charge < -0.3 is 10.1 Å². The molecule has 0 aromatic carbocycles. The fourth-order valence-electron chi connectivity index (χ4n) is 1.33. The van der Waals surface area contributed by atoms with Gasteiger partial charge in [-0.3, -0.25) is 14.9 Å². The topological polar surface area (TPSA) is 107 Å². The molecule has 1 heterocycles. The predicted molar refractivity (Wildman–Crippen MR) is 79.4 cm³/mol. The fourth-order valence-corrected chi connectivity index (χ4v) is 2.07. The Balaban J connectivity index is 2.82. The van der Waals surface area contributed by atoms with Crippen molar-refractivity contribution >= 4 is 29.4 Å². The van der Waals surface area contributed by atoms with Gasteiger partial charge in [0.15, 0.2) is 5.03 Å². The lowest BCUT2D eigenvalue weighted by Crippen LogP contribution is -2.25. The van der Waals surface area contributed by atoms with Crippen LogP contribution in [0.2, 0.25) is 0 Å². The van der Waals surface area contributed by atoms with Crippen LogP contribution >= 0.6 is 11.8 Å². The summed E-state index contributed by atoms with van der Waals surface area (Å²) in [4.78, 5) is 29.9.